The molecule has 1 aliphatic carbocycles. The van der Waals surface area contributed by atoms with E-state index < -0.39 is 11.9 Å². The summed E-state index contributed by atoms with van der Waals surface area (Å²) in [5, 5.41) is 5.30. The lowest BCUT2D eigenvalue weighted by Gasteiger charge is -2.36. The van der Waals surface area contributed by atoms with E-state index >= 15 is 0 Å². The molecule has 1 aromatic heterocycles. The van der Waals surface area contributed by atoms with Gasteiger partial charge >= 0.3 is 5.97 Å². The topological polar surface area (TPSA) is 64.6 Å². The molecule has 172 valence electrons. The van der Waals surface area contributed by atoms with Crippen molar-refractivity contribution in [3.8, 4) is 0 Å². The Morgan fingerprint density at radius 1 is 1.24 bits per heavy atom. The minimum Gasteiger partial charge on any atom is -0.459 e. The van der Waals surface area contributed by atoms with Gasteiger partial charge in [0.2, 0.25) is 0 Å². The predicted molar refractivity (Wildman–Crippen MR) is 123 cm³/mol. The van der Waals surface area contributed by atoms with Crippen molar-refractivity contribution in [2.45, 2.75) is 50.5 Å². The highest BCUT2D eigenvalue weighted by Gasteiger charge is 2.42. The van der Waals surface area contributed by atoms with Crippen LogP contribution < -0.4 is 5.32 Å². The van der Waals surface area contributed by atoms with Crippen molar-refractivity contribution < 1.29 is 23.5 Å². The minimum atomic E-state index is -0.445. The molecule has 0 unspecified atom stereocenters. The Labute approximate surface area is 196 Å². The number of ketones is 1. The number of nitrogens with one attached hydrogen (secondary N) is 1. The average molecular weight is 468 g/mol. The van der Waals surface area contributed by atoms with Gasteiger partial charge in [-0.15, -0.1) is 11.3 Å². The maximum Gasteiger partial charge on any atom is 0.336 e. The number of esters is 1. The monoisotopic (exact) mass is 467 g/mol. The van der Waals surface area contributed by atoms with Gasteiger partial charge in [0.05, 0.1) is 17.6 Å². The molecule has 2 aliphatic heterocycles. The molecule has 7 heteroatoms. The fourth-order valence-electron chi connectivity index (χ4n) is 5.04. The van der Waals surface area contributed by atoms with Crippen molar-refractivity contribution in [3.05, 3.63) is 80.6 Å². The molecule has 1 aromatic carbocycles. The first kappa shape index (κ1) is 22.0. The lowest BCUT2D eigenvalue weighted by atomic mass is 9.73. The third kappa shape index (κ3) is 4.39. The number of allylic oxidation sites excluding steroid dienone is 3. The number of hydrogen-bond donors (Lipinski definition) is 1. The maximum atomic E-state index is 13.5. The fourth-order valence-corrected chi connectivity index (χ4v) is 5.89. The molecule has 33 heavy (non-hydrogen) atoms. The zero-order valence-electron chi connectivity index (χ0n) is 18.4. The number of carbonyl (C=O) groups is 2. The van der Waals surface area contributed by atoms with Crippen LogP contribution in [0.2, 0.25) is 0 Å². The predicted octanol–water partition coefficient (Wildman–Crippen LogP) is 4.97. The van der Waals surface area contributed by atoms with Gasteiger partial charge < -0.3 is 14.8 Å². The fraction of sp³-hybridized carbons (Fsp3) is 0.385. The summed E-state index contributed by atoms with van der Waals surface area (Å²) >= 11 is 1.53. The molecule has 1 saturated heterocycles. The van der Waals surface area contributed by atoms with Gasteiger partial charge in [0.15, 0.2) is 5.78 Å². The van der Waals surface area contributed by atoms with E-state index in [-0.39, 0.29) is 30.2 Å². The van der Waals surface area contributed by atoms with Crippen LogP contribution in [0, 0.1) is 5.82 Å². The second-order valence-electron chi connectivity index (χ2n) is 8.82. The van der Waals surface area contributed by atoms with Crippen LogP contribution in [-0.4, -0.2) is 31.1 Å². The summed E-state index contributed by atoms with van der Waals surface area (Å²) in [6.45, 7) is 2.78. The third-order valence-electron chi connectivity index (χ3n) is 6.64. The molecule has 0 amide bonds. The highest BCUT2D eigenvalue weighted by Crippen LogP contribution is 2.46. The van der Waals surface area contributed by atoms with Crippen LogP contribution >= 0.6 is 11.3 Å². The van der Waals surface area contributed by atoms with E-state index in [4.69, 9.17) is 9.47 Å². The number of ether oxygens (including phenoxy) is 2. The molecule has 3 heterocycles. The number of thiophene rings is 1. The quantitative estimate of drug-likeness (QED) is 0.629. The summed E-state index contributed by atoms with van der Waals surface area (Å²) < 4.78 is 24.6. The number of hydrogen-bond acceptors (Lipinski definition) is 6. The van der Waals surface area contributed by atoms with Crippen molar-refractivity contribution in [1.29, 1.82) is 0 Å². The summed E-state index contributed by atoms with van der Waals surface area (Å²) in [6.07, 6.45) is 2.75. The molecule has 0 bridgehead atoms. The highest BCUT2D eigenvalue weighted by molar-refractivity contribution is 7.10. The van der Waals surface area contributed by atoms with Crippen LogP contribution in [0.5, 0.6) is 0 Å². The molecular formula is C26H26FNO4S. The smallest absolute Gasteiger partial charge is 0.336 e. The van der Waals surface area contributed by atoms with E-state index in [1.54, 1.807) is 12.1 Å². The Kier molecular flexibility index (Phi) is 6.17. The largest absolute Gasteiger partial charge is 0.459 e. The van der Waals surface area contributed by atoms with Gasteiger partial charge in [0.1, 0.15) is 12.4 Å². The number of Topliss-reactive ketones (excluding diaryl/α,β-unsaturated/α-hetero) is 1. The van der Waals surface area contributed by atoms with E-state index in [2.05, 4.69) is 5.32 Å². The van der Waals surface area contributed by atoms with Gasteiger partial charge in [-0.1, -0.05) is 18.2 Å². The normalized spacial score (nSPS) is 25.2. The average Bonchev–Trinajstić information content (AvgIpc) is 3.51. The Balaban J connectivity index is 1.45. The van der Waals surface area contributed by atoms with Crippen molar-refractivity contribution in [3.63, 3.8) is 0 Å². The third-order valence-corrected chi connectivity index (χ3v) is 7.58. The van der Waals surface area contributed by atoms with Crippen molar-refractivity contribution >= 4 is 23.1 Å². The molecule has 5 rings (SSSR count). The zero-order chi connectivity index (χ0) is 22.9. The molecule has 0 radical (unpaired) electrons. The number of halogens is 1. The molecular weight excluding hydrogens is 441 g/mol. The minimum absolute atomic E-state index is 0.00778. The van der Waals surface area contributed by atoms with Gasteiger partial charge in [0, 0.05) is 34.9 Å². The lowest BCUT2D eigenvalue weighted by molar-refractivity contribution is -0.142. The summed E-state index contributed by atoms with van der Waals surface area (Å²) in [5.74, 6) is -1.17. The van der Waals surface area contributed by atoms with Crippen LogP contribution in [0.15, 0.2) is 64.3 Å². The number of dihydropyridines is 1. The van der Waals surface area contributed by atoms with Gasteiger partial charge in [-0.2, -0.15) is 0 Å². The molecule has 3 atom stereocenters. The Morgan fingerprint density at radius 3 is 2.76 bits per heavy atom. The second-order valence-corrected chi connectivity index (χ2v) is 9.80. The van der Waals surface area contributed by atoms with Gasteiger partial charge in [-0.3, -0.25) is 4.79 Å². The summed E-state index contributed by atoms with van der Waals surface area (Å²) in [5.41, 5.74) is 3.62. The molecule has 2 aromatic rings. The van der Waals surface area contributed by atoms with E-state index in [0.717, 1.165) is 29.0 Å². The maximum absolute atomic E-state index is 13.5. The lowest BCUT2D eigenvalue weighted by Crippen LogP contribution is -2.36. The molecule has 3 aliphatic rings. The van der Waals surface area contributed by atoms with Gasteiger partial charge in [-0.05, 0) is 61.2 Å². The van der Waals surface area contributed by atoms with Crippen molar-refractivity contribution in [2.75, 3.05) is 13.2 Å². The summed E-state index contributed by atoms with van der Waals surface area (Å²) in [7, 11) is 0. The van der Waals surface area contributed by atoms with E-state index in [0.29, 0.717) is 36.3 Å². The molecule has 5 nitrogen and oxygen atoms in total. The van der Waals surface area contributed by atoms with Gasteiger partial charge in [-0.25, -0.2) is 9.18 Å². The number of benzene rings is 1. The Morgan fingerprint density at radius 2 is 2.06 bits per heavy atom. The Bertz CT molecular complexity index is 1110. The van der Waals surface area contributed by atoms with Crippen LogP contribution in [0.1, 0.15) is 54.9 Å². The highest BCUT2D eigenvalue weighted by atomic mass is 32.1. The standard InChI is InChI=1S/C26H26FNO4S/c1-15-23(26(30)32-14-19-4-2-10-31-19)25(22-5-3-11-33-22)24-20(28-15)12-17(13-21(24)29)16-6-8-18(27)9-7-16/h3,5-9,11,17,19,25,28H,2,4,10,12-14H2,1H3/t17-,19+,25-/m1/s1. The Hall–Kier alpha value is -2.77. The summed E-state index contributed by atoms with van der Waals surface area (Å²) in [4.78, 5) is 27.6. The summed E-state index contributed by atoms with van der Waals surface area (Å²) in [6, 6.07) is 10.2. The molecule has 1 fully saturated rings. The number of rotatable bonds is 5. The number of carbonyl (C=O) groups excluding carboxylic acids is 2. The molecule has 0 spiro atoms. The second kappa shape index (κ2) is 9.23. The molecule has 0 saturated carbocycles. The van der Waals surface area contributed by atoms with Crippen LogP contribution in [-0.2, 0) is 19.1 Å². The van der Waals surface area contributed by atoms with Crippen LogP contribution in [0.3, 0.4) is 0 Å². The first-order chi connectivity index (χ1) is 16.0. The van der Waals surface area contributed by atoms with Crippen molar-refractivity contribution in [1.82, 2.24) is 5.32 Å². The zero-order valence-corrected chi connectivity index (χ0v) is 19.3. The van der Waals surface area contributed by atoms with E-state index in [9.17, 15) is 14.0 Å². The van der Waals surface area contributed by atoms with Crippen molar-refractivity contribution in [2.24, 2.45) is 0 Å². The first-order valence-electron chi connectivity index (χ1n) is 11.3. The van der Waals surface area contributed by atoms with E-state index in [1.165, 1.54) is 23.5 Å². The SMILES string of the molecule is CC1=C(C(=O)OC[C@@H]2CCCO2)[C@@H](c2cccs2)C2=C(C[C@@H](c3ccc(F)cc3)CC2=O)N1. The first-order valence-corrected chi connectivity index (χ1v) is 12.2. The van der Waals surface area contributed by atoms with Gasteiger partial charge in [0.25, 0.3) is 0 Å². The van der Waals surface area contributed by atoms with E-state index in [1.807, 2.05) is 24.4 Å². The van der Waals surface area contributed by atoms with Crippen LogP contribution in [0.4, 0.5) is 4.39 Å². The molecule has 1 N–H and O–H groups in total. The van der Waals surface area contributed by atoms with Crippen LogP contribution in [0.25, 0.3) is 0 Å².